The van der Waals surface area contributed by atoms with Crippen molar-refractivity contribution in [2.24, 2.45) is 0 Å². The number of aryl methyl sites for hydroxylation is 1. The van der Waals surface area contributed by atoms with E-state index in [1.807, 2.05) is 61.5 Å². The number of nitrogens with zero attached hydrogens (tertiary/aromatic N) is 2. The Morgan fingerprint density at radius 3 is 2.71 bits per heavy atom. The van der Waals surface area contributed by atoms with Crippen molar-refractivity contribution in [3.8, 4) is 5.75 Å². The van der Waals surface area contributed by atoms with Gasteiger partial charge in [0, 0.05) is 23.5 Å². The maximum atomic E-state index is 12.7. The van der Waals surface area contributed by atoms with Crippen LogP contribution in [-0.4, -0.2) is 36.9 Å². The van der Waals surface area contributed by atoms with Crippen LogP contribution < -0.4 is 4.74 Å². The van der Waals surface area contributed by atoms with E-state index in [2.05, 4.69) is 4.98 Å². The van der Waals surface area contributed by atoms with Crippen LogP contribution in [0, 0.1) is 6.92 Å². The number of hydrogen-bond acceptors (Lipinski definition) is 4. The third-order valence-corrected chi connectivity index (χ3v) is 6.40. The number of pyridine rings is 1. The van der Waals surface area contributed by atoms with Crippen molar-refractivity contribution in [3.05, 3.63) is 77.3 Å². The number of rotatable bonds is 5. The van der Waals surface area contributed by atoms with Gasteiger partial charge in [-0.3, -0.25) is 4.98 Å². The quantitative estimate of drug-likeness (QED) is 0.656. The van der Waals surface area contributed by atoms with E-state index in [-0.39, 0.29) is 6.10 Å². The molecular formula is C22H22N2O3S. The number of ether oxygens (including phenoxy) is 1. The first kappa shape index (κ1) is 18.7. The Labute approximate surface area is 165 Å². The summed E-state index contributed by atoms with van der Waals surface area (Å²) in [6, 6.07) is 17.4. The molecule has 0 amide bonds. The summed E-state index contributed by atoms with van der Waals surface area (Å²) in [6.45, 7) is 2.79. The molecule has 0 radical (unpaired) electrons. The minimum Gasteiger partial charge on any atom is -0.487 e. The first-order chi connectivity index (χ1) is 13.5. The molecule has 1 aliphatic heterocycles. The summed E-state index contributed by atoms with van der Waals surface area (Å²) in [6.07, 6.45) is 3.84. The van der Waals surface area contributed by atoms with Crippen molar-refractivity contribution in [1.29, 1.82) is 0 Å². The first-order valence-electron chi connectivity index (χ1n) is 9.26. The Morgan fingerprint density at radius 1 is 1.11 bits per heavy atom. The van der Waals surface area contributed by atoms with Crippen molar-refractivity contribution in [2.45, 2.75) is 19.4 Å². The van der Waals surface area contributed by atoms with Gasteiger partial charge in [-0.1, -0.05) is 48.0 Å². The summed E-state index contributed by atoms with van der Waals surface area (Å²) < 4.78 is 32.9. The largest absolute Gasteiger partial charge is 0.487 e. The van der Waals surface area contributed by atoms with Gasteiger partial charge in [0.1, 0.15) is 17.4 Å². The van der Waals surface area contributed by atoms with Gasteiger partial charge in [-0.2, -0.15) is 4.31 Å². The van der Waals surface area contributed by atoms with Crippen molar-refractivity contribution in [3.63, 3.8) is 0 Å². The zero-order valence-electron chi connectivity index (χ0n) is 15.7. The molecule has 6 heteroatoms. The molecule has 0 bridgehead atoms. The summed E-state index contributed by atoms with van der Waals surface area (Å²) in [7, 11) is -3.48. The highest BCUT2D eigenvalue weighted by Crippen LogP contribution is 2.27. The molecule has 1 aliphatic rings. The zero-order chi connectivity index (χ0) is 19.6. The molecule has 5 nitrogen and oxygen atoms in total. The van der Waals surface area contributed by atoms with Crippen molar-refractivity contribution in [2.75, 3.05) is 13.1 Å². The van der Waals surface area contributed by atoms with Crippen LogP contribution in [0.2, 0.25) is 0 Å². The van der Waals surface area contributed by atoms with Gasteiger partial charge < -0.3 is 4.74 Å². The third kappa shape index (κ3) is 4.08. The van der Waals surface area contributed by atoms with Crippen molar-refractivity contribution in [1.82, 2.24) is 9.29 Å². The van der Waals surface area contributed by atoms with Crippen molar-refractivity contribution >= 4 is 27.0 Å². The number of hydrogen-bond donors (Lipinski definition) is 0. The van der Waals surface area contributed by atoms with Crippen LogP contribution >= 0.6 is 0 Å². The molecule has 1 aromatic heterocycles. The highest BCUT2D eigenvalue weighted by Gasteiger charge is 2.31. The molecule has 28 heavy (non-hydrogen) atoms. The second-order valence-corrected chi connectivity index (χ2v) is 8.79. The molecular weight excluding hydrogens is 372 g/mol. The normalized spacial score (nSPS) is 18.1. The number of benzene rings is 2. The average molecular weight is 394 g/mol. The van der Waals surface area contributed by atoms with Gasteiger partial charge in [0.15, 0.2) is 0 Å². The Kier molecular flexibility index (Phi) is 5.15. The molecule has 2 aromatic carbocycles. The van der Waals surface area contributed by atoms with Crippen LogP contribution in [0.4, 0.5) is 0 Å². The molecule has 3 aromatic rings. The Balaban J connectivity index is 1.45. The number of para-hydroxylation sites is 1. The number of fused-ring (bicyclic) bond motifs is 1. The number of sulfonamides is 1. The standard InChI is InChI=1S/C22H22N2O3S/c1-17-7-9-18(10-8-17)12-15-28(25,26)24-14-11-20(16-24)27-21-6-2-4-19-5-3-13-23-22(19)21/h2-10,12-13,15,20H,11,14,16H2,1H3/b15-12+/t20-/m1/s1. The molecule has 1 saturated heterocycles. The summed E-state index contributed by atoms with van der Waals surface area (Å²) in [5.41, 5.74) is 2.80. The summed E-state index contributed by atoms with van der Waals surface area (Å²) in [4.78, 5) is 4.39. The van der Waals surface area contributed by atoms with Gasteiger partial charge in [-0.15, -0.1) is 0 Å². The van der Waals surface area contributed by atoms with Gasteiger partial charge in [0.2, 0.25) is 10.0 Å². The Morgan fingerprint density at radius 2 is 1.89 bits per heavy atom. The van der Waals surface area contributed by atoms with Gasteiger partial charge in [-0.25, -0.2) is 8.42 Å². The molecule has 0 N–H and O–H groups in total. The van der Waals surface area contributed by atoms with Crippen LogP contribution in [0.5, 0.6) is 5.75 Å². The van der Waals surface area contributed by atoms with Crippen LogP contribution in [-0.2, 0) is 10.0 Å². The maximum Gasteiger partial charge on any atom is 0.236 e. The zero-order valence-corrected chi connectivity index (χ0v) is 16.5. The molecule has 4 rings (SSSR count). The lowest BCUT2D eigenvalue weighted by Gasteiger charge is -2.16. The smallest absolute Gasteiger partial charge is 0.236 e. The molecule has 0 unspecified atom stereocenters. The maximum absolute atomic E-state index is 12.7. The minimum absolute atomic E-state index is 0.185. The monoisotopic (exact) mass is 394 g/mol. The van der Waals surface area contributed by atoms with Crippen molar-refractivity contribution < 1.29 is 13.2 Å². The van der Waals surface area contributed by atoms with E-state index in [0.717, 1.165) is 22.0 Å². The highest BCUT2D eigenvalue weighted by atomic mass is 32.2. The van der Waals surface area contributed by atoms with Gasteiger partial charge in [-0.05, 0) is 37.1 Å². The van der Waals surface area contributed by atoms with Gasteiger partial charge in [0.25, 0.3) is 0 Å². The molecule has 0 aliphatic carbocycles. The summed E-state index contributed by atoms with van der Waals surface area (Å²) in [5.74, 6) is 0.692. The first-order valence-corrected chi connectivity index (χ1v) is 10.8. The van der Waals surface area contributed by atoms with E-state index in [9.17, 15) is 8.42 Å². The lowest BCUT2D eigenvalue weighted by molar-refractivity contribution is 0.218. The van der Waals surface area contributed by atoms with Gasteiger partial charge >= 0.3 is 0 Å². The van der Waals surface area contributed by atoms with Crippen LogP contribution in [0.3, 0.4) is 0 Å². The Hall–Kier alpha value is -2.70. The molecule has 0 spiro atoms. The lowest BCUT2D eigenvalue weighted by Crippen LogP contribution is -2.29. The summed E-state index contributed by atoms with van der Waals surface area (Å²) in [5, 5.41) is 2.28. The molecule has 1 atom stereocenters. The topological polar surface area (TPSA) is 59.5 Å². The number of aromatic nitrogens is 1. The molecule has 1 fully saturated rings. The molecule has 144 valence electrons. The third-order valence-electron chi connectivity index (χ3n) is 4.87. The fraction of sp³-hybridized carbons (Fsp3) is 0.227. The predicted octanol–water partition coefficient (Wildman–Crippen LogP) is 4.00. The second kappa shape index (κ2) is 7.73. The molecule has 2 heterocycles. The Bertz CT molecular complexity index is 1100. The minimum atomic E-state index is -3.48. The molecule has 0 saturated carbocycles. The van der Waals surface area contributed by atoms with E-state index in [4.69, 9.17) is 4.74 Å². The van der Waals surface area contributed by atoms with E-state index in [0.29, 0.717) is 25.3 Å². The second-order valence-electron chi connectivity index (χ2n) is 6.98. The van der Waals surface area contributed by atoms with E-state index >= 15 is 0 Å². The van der Waals surface area contributed by atoms with Crippen LogP contribution in [0.25, 0.3) is 17.0 Å². The van der Waals surface area contributed by atoms with Crippen LogP contribution in [0.15, 0.2) is 66.2 Å². The fourth-order valence-electron chi connectivity index (χ4n) is 3.30. The van der Waals surface area contributed by atoms with E-state index in [1.165, 1.54) is 9.71 Å². The highest BCUT2D eigenvalue weighted by molar-refractivity contribution is 7.92. The van der Waals surface area contributed by atoms with E-state index in [1.54, 1.807) is 12.3 Å². The van der Waals surface area contributed by atoms with Gasteiger partial charge in [0.05, 0.1) is 6.54 Å². The summed E-state index contributed by atoms with van der Waals surface area (Å²) >= 11 is 0. The lowest BCUT2D eigenvalue weighted by atomic mass is 10.2. The van der Waals surface area contributed by atoms with Crippen LogP contribution in [0.1, 0.15) is 17.5 Å². The average Bonchev–Trinajstić information content (AvgIpc) is 3.18. The van der Waals surface area contributed by atoms with E-state index < -0.39 is 10.0 Å². The fourth-order valence-corrected chi connectivity index (χ4v) is 4.54. The predicted molar refractivity (Wildman–Crippen MR) is 111 cm³/mol. The SMILES string of the molecule is Cc1ccc(/C=C/S(=O)(=O)N2CC[C@@H](Oc3cccc4cccnc34)C2)cc1.